The van der Waals surface area contributed by atoms with Crippen molar-refractivity contribution in [1.82, 2.24) is 0 Å². The van der Waals surface area contributed by atoms with Crippen molar-refractivity contribution in [2.75, 3.05) is 0 Å². The van der Waals surface area contributed by atoms with E-state index in [4.69, 9.17) is 11.6 Å². The van der Waals surface area contributed by atoms with E-state index in [2.05, 4.69) is 24.7 Å². The molecule has 16 heavy (non-hydrogen) atoms. The van der Waals surface area contributed by atoms with Crippen LogP contribution in [-0.4, -0.2) is 5.71 Å². The minimum Gasteiger partial charge on any atom is -0.254 e. The lowest BCUT2D eigenvalue weighted by atomic mass is 10.1. The monoisotopic (exact) mass is 235 g/mol. The molecule has 0 aromatic heterocycles. The number of halogens is 1. The van der Waals surface area contributed by atoms with Crippen molar-refractivity contribution in [3.05, 3.63) is 59.8 Å². The van der Waals surface area contributed by atoms with Crippen LogP contribution >= 0.6 is 11.6 Å². The number of hydrogen-bond donors (Lipinski definition) is 0. The predicted molar refractivity (Wildman–Crippen MR) is 75.0 cm³/mol. The minimum atomic E-state index is 0.676. The Balaban J connectivity index is 5.35. The highest BCUT2D eigenvalue weighted by Gasteiger charge is 2.02. The van der Waals surface area contributed by atoms with Gasteiger partial charge in [-0.25, -0.2) is 0 Å². The smallest absolute Gasteiger partial charge is 0.0584 e. The van der Waals surface area contributed by atoms with Crippen LogP contribution in [0.4, 0.5) is 0 Å². The molecule has 0 bridgehead atoms. The van der Waals surface area contributed by atoms with Crippen LogP contribution in [0.5, 0.6) is 0 Å². The van der Waals surface area contributed by atoms with Gasteiger partial charge in [-0.3, -0.25) is 4.99 Å². The normalized spacial score (nSPS) is 13.6. The minimum absolute atomic E-state index is 0.676. The molecule has 0 unspecified atom stereocenters. The van der Waals surface area contributed by atoms with Crippen LogP contribution in [-0.2, 0) is 0 Å². The first-order valence-electron chi connectivity index (χ1n) is 4.94. The summed E-state index contributed by atoms with van der Waals surface area (Å²) in [7, 11) is 0. The van der Waals surface area contributed by atoms with Crippen LogP contribution in [0.2, 0.25) is 0 Å². The number of aliphatic imine (C=N–C) groups is 1. The highest BCUT2D eigenvalue weighted by molar-refractivity contribution is 6.26. The van der Waals surface area contributed by atoms with E-state index in [0.29, 0.717) is 5.70 Å². The van der Waals surface area contributed by atoms with Crippen molar-refractivity contribution in [2.24, 2.45) is 4.99 Å². The van der Waals surface area contributed by atoms with E-state index >= 15 is 0 Å². The van der Waals surface area contributed by atoms with Gasteiger partial charge >= 0.3 is 0 Å². The first kappa shape index (κ1) is 14.7. The van der Waals surface area contributed by atoms with Gasteiger partial charge in [-0.2, -0.15) is 0 Å². The molecule has 0 N–H and O–H groups in total. The first-order valence-corrected chi connectivity index (χ1v) is 5.38. The van der Waals surface area contributed by atoms with E-state index in [1.54, 1.807) is 12.2 Å². The average molecular weight is 236 g/mol. The van der Waals surface area contributed by atoms with E-state index < -0.39 is 0 Å². The molecule has 1 nitrogen and oxygen atoms in total. The second kappa shape index (κ2) is 7.02. The highest BCUT2D eigenvalue weighted by atomic mass is 35.5. The van der Waals surface area contributed by atoms with Crippen molar-refractivity contribution >= 4 is 17.3 Å². The van der Waals surface area contributed by atoms with Crippen LogP contribution in [0, 0.1) is 0 Å². The fraction of sp³-hybridized carbons (Fsp3) is 0.214. The zero-order chi connectivity index (χ0) is 12.7. The van der Waals surface area contributed by atoms with Gasteiger partial charge in [0, 0.05) is 11.2 Å². The topological polar surface area (TPSA) is 12.4 Å². The van der Waals surface area contributed by atoms with Gasteiger partial charge < -0.3 is 0 Å². The second-order valence-corrected chi connectivity index (χ2v) is 3.77. The molecule has 0 aromatic rings. The number of allylic oxidation sites excluding steroid dienone is 5. The van der Waals surface area contributed by atoms with Gasteiger partial charge in [-0.05, 0) is 43.6 Å². The Morgan fingerprint density at radius 3 is 2.12 bits per heavy atom. The highest BCUT2D eigenvalue weighted by Crippen LogP contribution is 2.14. The van der Waals surface area contributed by atoms with Gasteiger partial charge in [0.1, 0.15) is 0 Å². The summed E-state index contributed by atoms with van der Waals surface area (Å²) in [6, 6.07) is 0. The van der Waals surface area contributed by atoms with Gasteiger partial charge in [0.05, 0.1) is 5.70 Å². The molecule has 0 aliphatic carbocycles. The molecule has 0 saturated carbocycles. The van der Waals surface area contributed by atoms with Crippen LogP contribution in [0.3, 0.4) is 0 Å². The molecule has 0 heterocycles. The number of hydrogen-bond acceptors (Lipinski definition) is 1. The summed E-state index contributed by atoms with van der Waals surface area (Å²) in [6.07, 6.45) is 3.57. The standard InChI is InChI=1S/C14H18ClN/c1-7-11(4)14(8-9-15)13(6)16-12(5)10(2)3/h7-9H,1-2,5H2,3-4,6H3/b9-8?,14-11+,16-13?. The van der Waals surface area contributed by atoms with Crippen LogP contribution in [0.1, 0.15) is 20.8 Å². The summed E-state index contributed by atoms with van der Waals surface area (Å²) >= 11 is 5.60. The molecular weight excluding hydrogens is 218 g/mol. The lowest BCUT2D eigenvalue weighted by molar-refractivity contribution is 1.30. The zero-order valence-electron chi connectivity index (χ0n) is 10.2. The predicted octanol–water partition coefficient (Wildman–Crippen LogP) is 4.79. The van der Waals surface area contributed by atoms with E-state index in [9.17, 15) is 0 Å². The molecule has 86 valence electrons. The van der Waals surface area contributed by atoms with E-state index in [-0.39, 0.29) is 0 Å². The summed E-state index contributed by atoms with van der Waals surface area (Å²) in [5, 5.41) is 0. The summed E-state index contributed by atoms with van der Waals surface area (Å²) in [4.78, 5) is 4.37. The first-order chi connectivity index (χ1) is 7.43. The Hall–Kier alpha value is -1.34. The molecule has 0 saturated heterocycles. The van der Waals surface area contributed by atoms with E-state index in [0.717, 1.165) is 22.4 Å². The number of nitrogens with zero attached hydrogens (tertiary/aromatic N) is 1. The number of rotatable bonds is 5. The Bertz CT molecular complexity index is 395. The Labute approximate surface area is 103 Å². The van der Waals surface area contributed by atoms with Crippen molar-refractivity contribution in [1.29, 1.82) is 0 Å². The summed E-state index contributed by atoms with van der Waals surface area (Å²) in [5.41, 5.74) is 5.81. The Morgan fingerprint density at radius 1 is 1.19 bits per heavy atom. The fourth-order valence-corrected chi connectivity index (χ4v) is 1.19. The molecule has 0 aliphatic heterocycles. The summed E-state index contributed by atoms with van der Waals surface area (Å²) in [6.45, 7) is 17.1. The van der Waals surface area contributed by atoms with E-state index in [1.807, 2.05) is 20.8 Å². The second-order valence-electron chi connectivity index (χ2n) is 3.52. The SMILES string of the molecule is C=C/C(C)=C(\C=CCl)C(C)=NC(=C)C(=C)C. The van der Waals surface area contributed by atoms with Crippen LogP contribution in [0.15, 0.2) is 64.8 Å². The molecular formula is C14H18ClN. The lowest BCUT2D eigenvalue weighted by Gasteiger charge is -2.06. The van der Waals surface area contributed by atoms with Gasteiger partial charge in [-0.15, -0.1) is 0 Å². The molecule has 0 rings (SSSR count). The lowest BCUT2D eigenvalue weighted by Crippen LogP contribution is -1.98. The third-order valence-electron chi connectivity index (χ3n) is 2.15. The maximum absolute atomic E-state index is 5.60. The maximum Gasteiger partial charge on any atom is 0.0584 e. The van der Waals surface area contributed by atoms with Crippen LogP contribution < -0.4 is 0 Å². The summed E-state index contributed by atoms with van der Waals surface area (Å²) in [5.74, 6) is 0. The molecule has 0 amide bonds. The largest absolute Gasteiger partial charge is 0.254 e. The van der Waals surface area contributed by atoms with E-state index in [1.165, 1.54) is 5.54 Å². The van der Waals surface area contributed by atoms with Gasteiger partial charge in [0.15, 0.2) is 0 Å². The molecule has 0 aromatic carbocycles. The van der Waals surface area contributed by atoms with Crippen molar-refractivity contribution in [3.63, 3.8) is 0 Å². The van der Waals surface area contributed by atoms with Gasteiger partial charge in [-0.1, -0.05) is 37.4 Å². The third kappa shape index (κ3) is 4.45. The molecule has 0 aliphatic rings. The summed E-state index contributed by atoms with van der Waals surface area (Å²) < 4.78 is 0. The molecule has 0 fully saturated rings. The van der Waals surface area contributed by atoms with Crippen molar-refractivity contribution in [3.8, 4) is 0 Å². The Morgan fingerprint density at radius 2 is 1.75 bits per heavy atom. The quantitative estimate of drug-likeness (QED) is 0.480. The van der Waals surface area contributed by atoms with Gasteiger partial charge in [0.2, 0.25) is 0 Å². The Kier molecular flexibility index (Phi) is 6.43. The molecule has 0 atom stereocenters. The van der Waals surface area contributed by atoms with Gasteiger partial charge in [0.25, 0.3) is 0 Å². The zero-order valence-corrected chi connectivity index (χ0v) is 10.9. The average Bonchev–Trinajstić information content (AvgIpc) is 2.24. The third-order valence-corrected chi connectivity index (χ3v) is 2.27. The van der Waals surface area contributed by atoms with Crippen molar-refractivity contribution in [2.45, 2.75) is 20.8 Å². The molecule has 0 spiro atoms. The maximum atomic E-state index is 5.60. The van der Waals surface area contributed by atoms with Crippen LogP contribution in [0.25, 0.3) is 0 Å². The molecule has 2 heteroatoms. The molecule has 0 radical (unpaired) electrons. The van der Waals surface area contributed by atoms with Crippen molar-refractivity contribution < 1.29 is 0 Å². The fourth-order valence-electron chi connectivity index (χ4n) is 1.07.